The Balaban J connectivity index is 2.00. The van der Waals surface area contributed by atoms with Crippen LogP contribution in [0.4, 0.5) is 0 Å². The van der Waals surface area contributed by atoms with Crippen molar-refractivity contribution in [1.82, 2.24) is 10.6 Å². The molecular formula is C14H22N2O3. The SMILES string of the molecule is C=C[C@@H]1C[C@]1(NC(=O)[C@H]1C[C@@H](C)CN1)C(=O)OCC. The maximum atomic E-state index is 12.2. The third-order valence-corrected chi connectivity index (χ3v) is 3.95. The van der Waals surface area contributed by atoms with Crippen molar-refractivity contribution in [2.45, 2.75) is 38.3 Å². The number of amides is 1. The van der Waals surface area contributed by atoms with E-state index in [9.17, 15) is 9.59 Å². The molecule has 4 atom stereocenters. The minimum Gasteiger partial charge on any atom is -0.464 e. The number of hydrogen-bond acceptors (Lipinski definition) is 4. The molecule has 0 radical (unpaired) electrons. The molecular weight excluding hydrogens is 244 g/mol. The molecule has 2 fully saturated rings. The van der Waals surface area contributed by atoms with E-state index in [2.05, 4.69) is 24.1 Å². The third-order valence-electron chi connectivity index (χ3n) is 3.95. The molecule has 0 spiro atoms. The van der Waals surface area contributed by atoms with Gasteiger partial charge in [0.1, 0.15) is 5.54 Å². The van der Waals surface area contributed by atoms with E-state index in [-0.39, 0.29) is 23.8 Å². The molecule has 1 amide bonds. The summed E-state index contributed by atoms with van der Waals surface area (Å²) < 4.78 is 5.06. The van der Waals surface area contributed by atoms with Crippen molar-refractivity contribution in [2.24, 2.45) is 11.8 Å². The molecule has 19 heavy (non-hydrogen) atoms. The Kier molecular flexibility index (Phi) is 3.94. The maximum absolute atomic E-state index is 12.2. The lowest BCUT2D eigenvalue weighted by atomic mass is 10.1. The minimum atomic E-state index is -0.873. The summed E-state index contributed by atoms with van der Waals surface area (Å²) in [7, 11) is 0. The molecule has 0 aromatic heterocycles. The van der Waals surface area contributed by atoms with Crippen LogP contribution in [0.3, 0.4) is 0 Å². The summed E-state index contributed by atoms with van der Waals surface area (Å²) in [4.78, 5) is 24.2. The fraction of sp³-hybridized carbons (Fsp3) is 0.714. The van der Waals surface area contributed by atoms with Crippen molar-refractivity contribution < 1.29 is 14.3 Å². The van der Waals surface area contributed by atoms with Gasteiger partial charge in [0.15, 0.2) is 0 Å². The number of rotatable bonds is 5. The molecule has 1 saturated carbocycles. The van der Waals surface area contributed by atoms with Gasteiger partial charge in [-0.1, -0.05) is 13.0 Å². The second-order valence-electron chi connectivity index (χ2n) is 5.53. The zero-order valence-corrected chi connectivity index (χ0v) is 11.6. The standard InChI is InChI=1S/C14H22N2O3/c1-4-10-7-14(10,13(18)19-5-2)16-12(17)11-6-9(3)8-15-11/h4,9-11,15H,1,5-8H2,2-3H3,(H,16,17)/t9-,10-,11-,14-/m1/s1. The fourth-order valence-electron chi connectivity index (χ4n) is 2.68. The number of carbonyl (C=O) groups excluding carboxylic acids is 2. The average Bonchev–Trinajstić information content (AvgIpc) is 2.92. The van der Waals surface area contributed by atoms with Crippen LogP contribution in [0.25, 0.3) is 0 Å². The molecule has 0 bridgehead atoms. The van der Waals surface area contributed by atoms with Gasteiger partial charge in [-0.15, -0.1) is 6.58 Å². The molecule has 106 valence electrons. The van der Waals surface area contributed by atoms with Crippen molar-refractivity contribution in [2.75, 3.05) is 13.2 Å². The summed E-state index contributed by atoms with van der Waals surface area (Å²) in [5, 5.41) is 6.04. The van der Waals surface area contributed by atoms with Gasteiger partial charge in [0.25, 0.3) is 0 Å². The summed E-state index contributed by atoms with van der Waals surface area (Å²) >= 11 is 0. The van der Waals surface area contributed by atoms with E-state index in [4.69, 9.17) is 4.74 Å². The van der Waals surface area contributed by atoms with Crippen LogP contribution in [0.2, 0.25) is 0 Å². The molecule has 2 N–H and O–H groups in total. The lowest BCUT2D eigenvalue weighted by Gasteiger charge is -2.19. The Labute approximate surface area is 113 Å². The van der Waals surface area contributed by atoms with Crippen LogP contribution in [0, 0.1) is 11.8 Å². The molecule has 2 aliphatic rings. The Hall–Kier alpha value is -1.36. The van der Waals surface area contributed by atoms with E-state index < -0.39 is 5.54 Å². The van der Waals surface area contributed by atoms with Crippen LogP contribution < -0.4 is 10.6 Å². The summed E-state index contributed by atoms with van der Waals surface area (Å²) in [5.74, 6) is 0.0130. The molecule has 1 saturated heterocycles. The first-order chi connectivity index (χ1) is 9.03. The molecule has 2 rings (SSSR count). The third kappa shape index (κ3) is 2.66. The normalized spacial score (nSPS) is 36.6. The van der Waals surface area contributed by atoms with Crippen molar-refractivity contribution >= 4 is 11.9 Å². The predicted molar refractivity (Wildman–Crippen MR) is 71.4 cm³/mol. The average molecular weight is 266 g/mol. The molecule has 1 aliphatic heterocycles. The van der Waals surface area contributed by atoms with Gasteiger partial charge in [-0.25, -0.2) is 4.79 Å². The number of esters is 1. The molecule has 1 aliphatic carbocycles. The monoisotopic (exact) mass is 266 g/mol. The summed E-state index contributed by atoms with van der Waals surface area (Å²) in [6.07, 6.45) is 3.11. The Morgan fingerprint density at radius 1 is 1.58 bits per heavy atom. The van der Waals surface area contributed by atoms with Crippen molar-refractivity contribution in [1.29, 1.82) is 0 Å². The first-order valence-corrected chi connectivity index (χ1v) is 6.88. The first-order valence-electron chi connectivity index (χ1n) is 6.88. The van der Waals surface area contributed by atoms with E-state index in [0.717, 1.165) is 13.0 Å². The second-order valence-corrected chi connectivity index (χ2v) is 5.53. The number of nitrogens with one attached hydrogen (secondary N) is 2. The quantitative estimate of drug-likeness (QED) is 0.565. The van der Waals surface area contributed by atoms with Crippen molar-refractivity contribution in [3.63, 3.8) is 0 Å². The van der Waals surface area contributed by atoms with Gasteiger partial charge in [0.05, 0.1) is 12.6 Å². The van der Waals surface area contributed by atoms with Crippen LogP contribution in [0.1, 0.15) is 26.7 Å². The molecule has 1 heterocycles. The summed E-state index contributed by atoms with van der Waals surface area (Å²) in [5.41, 5.74) is -0.873. The smallest absolute Gasteiger partial charge is 0.332 e. The van der Waals surface area contributed by atoms with Crippen molar-refractivity contribution in [3.8, 4) is 0 Å². The van der Waals surface area contributed by atoms with E-state index >= 15 is 0 Å². The predicted octanol–water partition coefficient (Wildman–Crippen LogP) is 0.608. The Morgan fingerprint density at radius 2 is 2.32 bits per heavy atom. The molecule has 0 aromatic rings. The van der Waals surface area contributed by atoms with Gasteiger partial charge in [-0.2, -0.15) is 0 Å². The lowest BCUT2D eigenvalue weighted by molar-refractivity contribution is -0.149. The highest BCUT2D eigenvalue weighted by molar-refractivity contribution is 5.93. The Bertz CT molecular complexity index is 396. The van der Waals surface area contributed by atoms with Gasteiger partial charge >= 0.3 is 5.97 Å². The minimum absolute atomic E-state index is 0.0191. The zero-order chi connectivity index (χ0) is 14.0. The van der Waals surface area contributed by atoms with E-state index in [1.807, 2.05) is 0 Å². The van der Waals surface area contributed by atoms with Crippen LogP contribution >= 0.6 is 0 Å². The summed E-state index contributed by atoms with van der Waals surface area (Å²) in [6, 6.07) is -0.202. The molecule has 0 aromatic carbocycles. The van der Waals surface area contributed by atoms with Gasteiger partial charge in [-0.3, -0.25) is 4.79 Å². The second kappa shape index (κ2) is 5.33. The van der Waals surface area contributed by atoms with E-state index in [1.54, 1.807) is 13.0 Å². The fourth-order valence-corrected chi connectivity index (χ4v) is 2.68. The summed E-state index contributed by atoms with van der Waals surface area (Å²) in [6.45, 7) is 8.73. The number of ether oxygens (including phenoxy) is 1. The van der Waals surface area contributed by atoms with Crippen LogP contribution in [0.15, 0.2) is 12.7 Å². The van der Waals surface area contributed by atoms with Crippen LogP contribution in [-0.2, 0) is 14.3 Å². The molecule has 0 unspecified atom stereocenters. The number of carbonyl (C=O) groups is 2. The highest BCUT2D eigenvalue weighted by atomic mass is 16.5. The zero-order valence-electron chi connectivity index (χ0n) is 11.6. The van der Waals surface area contributed by atoms with Gasteiger partial charge in [0, 0.05) is 5.92 Å². The topological polar surface area (TPSA) is 67.4 Å². The van der Waals surface area contributed by atoms with Gasteiger partial charge in [-0.05, 0) is 32.2 Å². The number of hydrogen-bond donors (Lipinski definition) is 2. The highest BCUT2D eigenvalue weighted by Gasteiger charge is 2.61. The maximum Gasteiger partial charge on any atom is 0.332 e. The van der Waals surface area contributed by atoms with Gasteiger partial charge in [0.2, 0.25) is 5.91 Å². The molecule has 5 heteroatoms. The van der Waals surface area contributed by atoms with E-state index in [0.29, 0.717) is 18.9 Å². The lowest BCUT2D eigenvalue weighted by Crippen LogP contribution is -2.51. The van der Waals surface area contributed by atoms with Crippen LogP contribution in [0.5, 0.6) is 0 Å². The highest BCUT2D eigenvalue weighted by Crippen LogP contribution is 2.45. The van der Waals surface area contributed by atoms with Crippen molar-refractivity contribution in [3.05, 3.63) is 12.7 Å². The van der Waals surface area contributed by atoms with Gasteiger partial charge < -0.3 is 15.4 Å². The Morgan fingerprint density at radius 3 is 2.79 bits per heavy atom. The molecule has 5 nitrogen and oxygen atoms in total. The van der Waals surface area contributed by atoms with Crippen LogP contribution in [-0.4, -0.2) is 36.6 Å². The largest absolute Gasteiger partial charge is 0.464 e. The first kappa shape index (κ1) is 14.1. The van der Waals surface area contributed by atoms with E-state index in [1.165, 1.54) is 0 Å².